The number of aromatic nitrogens is 2. The SMILES string of the molecule is C=CC(=O)N[C@H]1CCN(c2ncc(C#N)c(Nc3ccc(C(=O)NC(C)(C)C)cc3)n2)C1. The second-order valence-corrected chi connectivity index (χ2v) is 8.59. The average molecular weight is 434 g/mol. The molecule has 0 radical (unpaired) electrons. The summed E-state index contributed by atoms with van der Waals surface area (Å²) in [5, 5.41) is 18.4. The summed E-state index contributed by atoms with van der Waals surface area (Å²) >= 11 is 0. The molecule has 1 aliphatic rings. The van der Waals surface area contributed by atoms with Crippen LogP contribution in [0.15, 0.2) is 43.1 Å². The molecule has 0 bridgehead atoms. The highest BCUT2D eigenvalue weighted by Gasteiger charge is 2.26. The summed E-state index contributed by atoms with van der Waals surface area (Å²) in [5.74, 6) is 0.490. The van der Waals surface area contributed by atoms with Crippen molar-refractivity contribution >= 4 is 29.3 Å². The van der Waals surface area contributed by atoms with Crippen LogP contribution in [0.3, 0.4) is 0 Å². The van der Waals surface area contributed by atoms with Crippen molar-refractivity contribution in [3.8, 4) is 6.07 Å². The zero-order valence-corrected chi connectivity index (χ0v) is 18.5. The number of anilines is 3. The quantitative estimate of drug-likeness (QED) is 0.598. The van der Waals surface area contributed by atoms with Crippen LogP contribution >= 0.6 is 0 Å². The third-order valence-electron chi connectivity index (χ3n) is 4.80. The lowest BCUT2D eigenvalue weighted by Crippen LogP contribution is -2.40. The van der Waals surface area contributed by atoms with Crippen molar-refractivity contribution in [1.29, 1.82) is 5.26 Å². The van der Waals surface area contributed by atoms with Crippen molar-refractivity contribution in [2.24, 2.45) is 0 Å². The maximum absolute atomic E-state index is 12.3. The molecule has 2 heterocycles. The first kappa shape index (κ1) is 22.7. The molecule has 3 N–H and O–H groups in total. The fourth-order valence-corrected chi connectivity index (χ4v) is 3.28. The van der Waals surface area contributed by atoms with Gasteiger partial charge in [-0.25, -0.2) is 4.98 Å². The Labute approximate surface area is 187 Å². The Kier molecular flexibility index (Phi) is 6.73. The number of hydrogen-bond donors (Lipinski definition) is 3. The highest BCUT2D eigenvalue weighted by Crippen LogP contribution is 2.23. The van der Waals surface area contributed by atoms with Gasteiger partial charge in [-0.2, -0.15) is 10.2 Å². The van der Waals surface area contributed by atoms with Crippen molar-refractivity contribution in [2.75, 3.05) is 23.3 Å². The molecule has 1 saturated heterocycles. The Morgan fingerprint density at radius 2 is 2.00 bits per heavy atom. The number of nitrogens with zero attached hydrogens (tertiary/aromatic N) is 4. The van der Waals surface area contributed by atoms with E-state index in [1.165, 1.54) is 12.3 Å². The molecule has 9 heteroatoms. The van der Waals surface area contributed by atoms with E-state index >= 15 is 0 Å². The summed E-state index contributed by atoms with van der Waals surface area (Å²) in [7, 11) is 0. The Morgan fingerprint density at radius 1 is 1.28 bits per heavy atom. The summed E-state index contributed by atoms with van der Waals surface area (Å²) in [6.07, 6.45) is 3.50. The number of nitriles is 1. The summed E-state index contributed by atoms with van der Waals surface area (Å²) in [6, 6.07) is 9.03. The molecule has 9 nitrogen and oxygen atoms in total. The van der Waals surface area contributed by atoms with Gasteiger partial charge in [0.05, 0.1) is 6.20 Å². The van der Waals surface area contributed by atoms with Crippen LogP contribution in [0.4, 0.5) is 17.5 Å². The van der Waals surface area contributed by atoms with E-state index in [2.05, 4.69) is 38.6 Å². The van der Waals surface area contributed by atoms with Crippen LogP contribution in [0.2, 0.25) is 0 Å². The smallest absolute Gasteiger partial charge is 0.251 e. The van der Waals surface area contributed by atoms with E-state index in [0.29, 0.717) is 41.7 Å². The molecule has 0 unspecified atom stereocenters. The summed E-state index contributed by atoms with van der Waals surface area (Å²) in [4.78, 5) is 34.6. The molecule has 166 valence electrons. The summed E-state index contributed by atoms with van der Waals surface area (Å²) in [6.45, 7) is 10.5. The second-order valence-electron chi connectivity index (χ2n) is 8.59. The van der Waals surface area contributed by atoms with Crippen molar-refractivity contribution in [3.63, 3.8) is 0 Å². The van der Waals surface area contributed by atoms with Crippen LogP contribution in [0, 0.1) is 11.3 Å². The van der Waals surface area contributed by atoms with Gasteiger partial charge in [-0.05, 0) is 57.5 Å². The molecule has 2 amide bonds. The van der Waals surface area contributed by atoms with Gasteiger partial charge in [0.2, 0.25) is 11.9 Å². The van der Waals surface area contributed by atoms with Gasteiger partial charge in [-0.1, -0.05) is 6.58 Å². The van der Waals surface area contributed by atoms with E-state index in [1.54, 1.807) is 24.3 Å². The molecule has 0 aliphatic carbocycles. The molecule has 1 atom stereocenters. The standard InChI is InChI=1S/C23H27N7O2/c1-5-19(31)26-18-10-11-30(14-18)22-25-13-16(12-24)20(28-22)27-17-8-6-15(7-9-17)21(32)29-23(2,3)4/h5-9,13,18H,1,10-11,14H2,2-4H3,(H,26,31)(H,29,32)(H,25,27,28)/t18-/m0/s1. The number of nitrogens with one attached hydrogen (secondary N) is 3. The molecule has 2 aromatic rings. The van der Waals surface area contributed by atoms with Crippen molar-refractivity contribution in [1.82, 2.24) is 20.6 Å². The van der Waals surface area contributed by atoms with E-state index in [0.717, 1.165) is 6.42 Å². The van der Waals surface area contributed by atoms with Crippen molar-refractivity contribution in [2.45, 2.75) is 38.8 Å². The molecular formula is C23H27N7O2. The Balaban J connectivity index is 1.73. The van der Waals surface area contributed by atoms with Crippen LogP contribution in [-0.4, -0.2) is 46.5 Å². The minimum absolute atomic E-state index is 0.0112. The predicted octanol–water partition coefficient (Wildman–Crippen LogP) is 2.50. The molecule has 32 heavy (non-hydrogen) atoms. The molecule has 1 fully saturated rings. The third kappa shape index (κ3) is 5.82. The average Bonchev–Trinajstić information content (AvgIpc) is 3.21. The molecular weight excluding hydrogens is 406 g/mol. The maximum atomic E-state index is 12.3. The van der Waals surface area contributed by atoms with Gasteiger partial charge in [0.1, 0.15) is 11.6 Å². The summed E-state index contributed by atoms with van der Waals surface area (Å²) in [5.41, 5.74) is 1.21. The molecule has 1 aromatic carbocycles. The zero-order valence-electron chi connectivity index (χ0n) is 18.5. The Bertz CT molecular complexity index is 1050. The fourth-order valence-electron chi connectivity index (χ4n) is 3.28. The molecule has 0 saturated carbocycles. The number of amides is 2. The fraction of sp³-hybridized carbons (Fsp3) is 0.348. The van der Waals surface area contributed by atoms with E-state index in [1.807, 2.05) is 25.7 Å². The second kappa shape index (κ2) is 9.47. The van der Waals surface area contributed by atoms with Gasteiger partial charge in [-0.15, -0.1) is 0 Å². The predicted molar refractivity (Wildman–Crippen MR) is 123 cm³/mol. The lowest BCUT2D eigenvalue weighted by molar-refractivity contribution is -0.117. The maximum Gasteiger partial charge on any atom is 0.251 e. The van der Waals surface area contributed by atoms with Crippen LogP contribution in [-0.2, 0) is 4.79 Å². The van der Waals surface area contributed by atoms with Crippen LogP contribution in [0.25, 0.3) is 0 Å². The van der Waals surface area contributed by atoms with Gasteiger partial charge >= 0.3 is 0 Å². The van der Waals surface area contributed by atoms with Crippen molar-refractivity contribution in [3.05, 3.63) is 54.2 Å². The summed E-state index contributed by atoms with van der Waals surface area (Å²) < 4.78 is 0. The number of benzene rings is 1. The van der Waals surface area contributed by atoms with Crippen LogP contribution in [0.5, 0.6) is 0 Å². The normalized spacial score (nSPS) is 15.6. The van der Waals surface area contributed by atoms with E-state index in [9.17, 15) is 14.9 Å². The first-order chi connectivity index (χ1) is 15.2. The van der Waals surface area contributed by atoms with Gasteiger partial charge in [0, 0.05) is 35.9 Å². The van der Waals surface area contributed by atoms with Gasteiger partial charge < -0.3 is 20.9 Å². The highest BCUT2D eigenvalue weighted by atomic mass is 16.2. The number of rotatable bonds is 6. The Morgan fingerprint density at radius 3 is 2.62 bits per heavy atom. The monoisotopic (exact) mass is 433 g/mol. The van der Waals surface area contributed by atoms with Gasteiger partial charge in [0.15, 0.2) is 5.82 Å². The number of carbonyl (C=O) groups excluding carboxylic acids is 2. The first-order valence-electron chi connectivity index (χ1n) is 10.3. The largest absolute Gasteiger partial charge is 0.348 e. The van der Waals surface area contributed by atoms with Gasteiger partial charge in [0.25, 0.3) is 5.91 Å². The third-order valence-corrected chi connectivity index (χ3v) is 4.80. The van der Waals surface area contributed by atoms with E-state index < -0.39 is 0 Å². The minimum Gasteiger partial charge on any atom is -0.348 e. The Hall–Kier alpha value is -3.93. The van der Waals surface area contributed by atoms with Crippen molar-refractivity contribution < 1.29 is 9.59 Å². The zero-order chi connectivity index (χ0) is 23.3. The molecule has 1 aromatic heterocycles. The van der Waals surface area contributed by atoms with E-state index in [-0.39, 0.29) is 23.4 Å². The van der Waals surface area contributed by atoms with Gasteiger partial charge in [-0.3, -0.25) is 9.59 Å². The highest BCUT2D eigenvalue weighted by molar-refractivity contribution is 5.95. The molecule has 3 rings (SSSR count). The lowest BCUT2D eigenvalue weighted by atomic mass is 10.1. The minimum atomic E-state index is -0.323. The topological polar surface area (TPSA) is 123 Å². The molecule has 0 spiro atoms. The number of hydrogen-bond acceptors (Lipinski definition) is 7. The molecule has 1 aliphatic heterocycles. The van der Waals surface area contributed by atoms with Crippen LogP contribution < -0.4 is 20.9 Å². The lowest BCUT2D eigenvalue weighted by Gasteiger charge is -2.20. The van der Waals surface area contributed by atoms with Crippen LogP contribution in [0.1, 0.15) is 43.1 Å². The van der Waals surface area contributed by atoms with E-state index in [4.69, 9.17) is 0 Å². The first-order valence-corrected chi connectivity index (χ1v) is 10.3. The number of carbonyl (C=O) groups is 2.